The van der Waals surface area contributed by atoms with Gasteiger partial charge in [-0.05, 0) is 45.4 Å². The Labute approximate surface area is 172 Å². The molecule has 0 spiro atoms. The van der Waals surface area contributed by atoms with Gasteiger partial charge in [0.05, 0.1) is 12.6 Å². The van der Waals surface area contributed by atoms with Crippen molar-refractivity contribution in [3.05, 3.63) is 29.8 Å². The van der Waals surface area contributed by atoms with Gasteiger partial charge in [0.2, 0.25) is 0 Å². The number of hydrogen-bond acceptors (Lipinski definition) is 4. The van der Waals surface area contributed by atoms with Crippen LogP contribution in [-0.2, 0) is 11.3 Å². The van der Waals surface area contributed by atoms with Crippen LogP contribution in [-0.4, -0.2) is 53.3 Å². The third-order valence-corrected chi connectivity index (χ3v) is 3.57. The van der Waals surface area contributed by atoms with Crippen LogP contribution in [0.15, 0.2) is 29.3 Å². The molecule has 0 bridgehead atoms. The van der Waals surface area contributed by atoms with Gasteiger partial charge in [-0.15, -0.1) is 24.0 Å². The van der Waals surface area contributed by atoms with E-state index in [1.54, 1.807) is 17.0 Å². The van der Waals surface area contributed by atoms with Crippen molar-refractivity contribution in [2.75, 3.05) is 19.6 Å². The molecule has 0 aliphatic carbocycles. The molecule has 1 aromatic carbocycles. The van der Waals surface area contributed by atoms with E-state index in [1.807, 2.05) is 39.8 Å². The number of nitrogens with one attached hydrogen (secondary N) is 2. The van der Waals surface area contributed by atoms with Crippen LogP contribution in [0.2, 0.25) is 0 Å². The number of nitrogens with zero attached hydrogens (tertiary/aromatic N) is 2. The first-order valence-electron chi connectivity index (χ1n) is 8.57. The molecular weight excluding hydrogens is 447 g/mol. The number of likely N-dealkylation sites (tertiary alicyclic amines) is 1. The van der Waals surface area contributed by atoms with E-state index in [-0.39, 0.29) is 41.9 Å². The van der Waals surface area contributed by atoms with E-state index in [0.717, 1.165) is 12.1 Å². The fourth-order valence-electron chi connectivity index (χ4n) is 2.33. The minimum Gasteiger partial charge on any atom is -0.508 e. The number of amides is 1. The first kappa shape index (κ1) is 22.3. The Morgan fingerprint density at radius 1 is 1.31 bits per heavy atom. The molecule has 146 valence electrons. The molecule has 0 aromatic heterocycles. The summed E-state index contributed by atoms with van der Waals surface area (Å²) in [6.07, 6.45) is -0.281. The second-order valence-corrected chi connectivity index (χ2v) is 7.09. The third kappa shape index (κ3) is 7.27. The predicted octanol–water partition coefficient (Wildman–Crippen LogP) is 2.68. The summed E-state index contributed by atoms with van der Waals surface area (Å²) in [5.74, 6) is 0.957. The van der Waals surface area contributed by atoms with Crippen molar-refractivity contribution in [1.29, 1.82) is 0 Å². The molecule has 1 fully saturated rings. The summed E-state index contributed by atoms with van der Waals surface area (Å²) in [6, 6.07) is 7.14. The zero-order chi connectivity index (χ0) is 18.4. The minimum atomic E-state index is -0.476. The summed E-state index contributed by atoms with van der Waals surface area (Å²) in [6.45, 7) is 10.0. The summed E-state index contributed by atoms with van der Waals surface area (Å²) in [4.78, 5) is 18.2. The largest absolute Gasteiger partial charge is 0.508 e. The van der Waals surface area contributed by atoms with Crippen LogP contribution in [0.4, 0.5) is 4.79 Å². The van der Waals surface area contributed by atoms with Crippen LogP contribution in [0, 0.1) is 0 Å². The summed E-state index contributed by atoms with van der Waals surface area (Å²) in [5.41, 5.74) is 0.537. The molecule has 0 unspecified atom stereocenters. The fourth-order valence-corrected chi connectivity index (χ4v) is 2.33. The Balaban J connectivity index is 0.00000338. The van der Waals surface area contributed by atoms with Gasteiger partial charge in [0.1, 0.15) is 11.4 Å². The lowest BCUT2D eigenvalue weighted by atomic mass is 10.1. The van der Waals surface area contributed by atoms with Gasteiger partial charge in [0.15, 0.2) is 5.96 Å². The van der Waals surface area contributed by atoms with Gasteiger partial charge >= 0.3 is 6.09 Å². The van der Waals surface area contributed by atoms with Gasteiger partial charge < -0.3 is 25.4 Å². The van der Waals surface area contributed by atoms with Crippen LogP contribution in [0.3, 0.4) is 0 Å². The molecule has 1 aromatic rings. The number of rotatable bonds is 4. The molecular formula is C18H29IN4O3. The van der Waals surface area contributed by atoms with Gasteiger partial charge in [0, 0.05) is 19.6 Å². The molecule has 2 rings (SSSR count). The summed E-state index contributed by atoms with van der Waals surface area (Å²) < 4.78 is 5.35. The number of halogens is 1. The van der Waals surface area contributed by atoms with E-state index in [0.29, 0.717) is 25.6 Å². The molecule has 0 atom stereocenters. The Hall–Kier alpha value is -1.71. The Morgan fingerprint density at radius 3 is 2.46 bits per heavy atom. The number of carbonyl (C=O) groups excluding carboxylic acids is 1. The molecule has 8 heteroatoms. The lowest BCUT2D eigenvalue weighted by molar-refractivity contribution is 0.00701. The molecule has 26 heavy (non-hydrogen) atoms. The van der Waals surface area contributed by atoms with Gasteiger partial charge in [-0.3, -0.25) is 0 Å². The van der Waals surface area contributed by atoms with Crippen molar-refractivity contribution >= 4 is 36.0 Å². The van der Waals surface area contributed by atoms with Crippen molar-refractivity contribution in [1.82, 2.24) is 15.5 Å². The SMILES string of the molecule is CCNC(=NCc1ccc(O)cc1)NC1CN(C(=O)OC(C)(C)C)C1.I. The van der Waals surface area contributed by atoms with Crippen molar-refractivity contribution in [3.63, 3.8) is 0 Å². The number of guanidine groups is 1. The molecule has 1 saturated heterocycles. The summed E-state index contributed by atoms with van der Waals surface area (Å²) in [7, 11) is 0. The maximum Gasteiger partial charge on any atom is 0.410 e. The van der Waals surface area contributed by atoms with Crippen LogP contribution < -0.4 is 10.6 Å². The van der Waals surface area contributed by atoms with Crippen molar-refractivity contribution in [3.8, 4) is 5.75 Å². The predicted molar refractivity (Wildman–Crippen MR) is 113 cm³/mol. The van der Waals surface area contributed by atoms with Crippen molar-refractivity contribution in [2.45, 2.75) is 45.9 Å². The molecule has 1 heterocycles. The summed E-state index contributed by atoms with van der Waals surface area (Å²) in [5, 5.41) is 15.8. The standard InChI is InChI=1S/C18H28N4O3.HI/c1-5-19-16(20-10-13-6-8-15(23)9-7-13)21-14-11-22(12-14)17(24)25-18(2,3)4;/h6-9,14,23H,5,10-12H2,1-4H3,(H2,19,20,21);1H. The fraction of sp³-hybridized carbons (Fsp3) is 0.556. The number of phenols is 1. The Morgan fingerprint density at radius 2 is 1.92 bits per heavy atom. The average molecular weight is 476 g/mol. The van der Waals surface area contributed by atoms with E-state index in [1.165, 1.54) is 0 Å². The maximum atomic E-state index is 11.9. The van der Waals surface area contributed by atoms with Crippen LogP contribution in [0.1, 0.15) is 33.3 Å². The maximum absolute atomic E-state index is 11.9. The number of benzene rings is 1. The van der Waals surface area contributed by atoms with Crippen LogP contribution in [0.25, 0.3) is 0 Å². The van der Waals surface area contributed by atoms with Gasteiger partial charge in [-0.1, -0.05) is 12.1 Å². The zero-order valence-corrected chi connectivity index (χ0v) is 18.1. The Kier molecular flexibility index (Phi) is 8.45. The first-order valence-corrected chi connectivity index (χ1v) is 8.57. The average Bonchev–Trinajstić information content (AvgIpc) is 2.47. The summed E-state index contributed by atoms with van der Waals surface area (Å²) >= 11 is 0. The highest BCUT2D eigenvalue weighted by molar-refractivity contribution is 14.0. The molecule has 1 aliphatic heterocycles. The number of hydrogen-bond donors (Lipinski definition) is 3. The van der Waals surface area contributed by atoms with E-state index in [2.05, 4.69) is 15.6 Å². The Bertz CT molecular complexity index is 608. The van der Waals surface area contributed by atoms with Gasteiger partial charge in [-0.2, -0.15) is 0 Å². The number of aliphatic imine (C=N–C) groups is 1. The molecule has 7 nitrogen and oxygen atoms in total. The highest BCUT2D eigenvalue weighted by Crippen LogP contribution is 2.15. The van der Waals surface area contributed by atoms with Crippen molar-refractivity contribution < 1.29 is 14.6 Å². The first-order chi connectivity index (χ1) is 11.8. The highest BCUT2D eigenvalue weighted by atomic mass is 127. The number of aromatic hydroxyl groups is 1. The topological polar surface area (TPSA) is 86.2 Å². The zero-order valence-electron chi connectivity index (χ0n) is 15.8. The third-order valence-electron chi connectivity index (χ3n) is 3.57. The molecule has 0 saturated carbocycles. The quantitative estimate of drug-likeness (QED) is 0.354. The molecule has 3 N–H and O–H groups in total. The normalized spacial score (nSPS) is 14.9. The van der Waals surface area contributed by atoms with E-state index < -0.39 is 5.60 Å². The monoisotopic (exact) mass is 476 g/mol. The second kappa shape index (κ2) is 9.84. The smallest absolute Gasteiger partial charge is 0.410 e. The number of phenolic OH excluding ortho intramolecular Hbond substituents is 1. The molecule has 1 amide bonds. The van der Waals surface area contributed by atoms with Crippen molar-refractivity contribution in [2.24, 2.45) is 4.99 Å². The van der Waals surface area contributed by atoms with Crippen LogP contribution >= 0.6 is 24.0 Å². The van der Waals surface area contributed by atoms with E-state index >= 15 is 0 Å². The highest BCUT2D eigenvalue weighted by Gasteiger charge is 2.34. The molecule has 0 radical (unpaired) electrons. The van der Waals surface area contributed by atoms with E-state index in [9.17, 15) is 9.90 Å². The number of carbonyl (C=O) groups is 1. The van der Waals surface area contributed by atoms with E-state index in [4.69, 9.17) is 4.74 Å². The lowest BCUT2D eigenvalue weighted by Crippen LogP contribution is -2.63. The number of ether oxygens (including phenoxy) is 1. The second-order valence-electron chi connectivity index (χ2n) is 7.09. The molecule has 1 aliphatic rings. The van der Waals surface area contributed by atoms with Gasteiger partial charge in [-0.25, -0.2) is 9.79 Å². The van der Waals surface area contributed by atoms with Gasteiger partial charge in [0.25, 0.3) is 0 Å². The lowest BCUT2D eigenvalue weighted by Gasteiger charge is -2.40. The van der Waals surface area contributed by atoms with Crippen LogP contribution in [0.5, 0.6) is 5.75 Å². The minimum absolute atomic E-state index is 0.